The predicted octanol–water partition coefficient (Wildman–Crippen LogP) is 3.06. The van der Waals surface area contributed by atoms with Gasteiger partial charge in [-0.1, -0.05) is 6.07 Å². The lowest BCUT2D eigenvalue weighted by atomic mass is 10.2. The first kappa shape index (κ1) is 16.9. The molecule has 7 heteroatoms. The fraction of sp³-hybridized carbons (Fsp3) is 0.0714. The molecule has 5 nitrogen and oxygen atoms in total. The van der Waals surface area contributed by atoms with Crippen LogP contribution in [-0.4, -0.2) is 20.8 Å². The van der Waals surface area contributed by atoms with Gasteiger partial charge in [0.1, 0.15) is 11.5 Å². The summed E-state index contributed by atoms with van der Waals surface area (Å²) in [6, 6.07) is 11.3. The van der Waals surface area contributed by atoms with Gasteiger partial charge in [0.25, 0.3) is 0 Å². The van der Waals surface area contributed by atoms with Crippen LogP contribution in [0.2, 0.25) is 0 Å². The lowest BCUT2D eigenvalue weighted by Gasteiger charge is -1.96. The largest absolute Gasteiger partial charge is 0.384 e. The van der Waals surface area contributed by atoms with Crippen LogP contribution in [0.4, 0.5) is 0 Å². The van der Waals surface area contributed by atoms with Gasteiger partial charge in [0.2, 0.25) is 0 Å². The highest BCUT2D eigenvalue weighted by molar-refractivity contribution is 5.98. The third kappa shape index (κ3) is 3.32. The minimum Gasteiger partial charge on any atom is -0.384 e. The molecule has 0 saturated heterocycles. The van der Waals surface area contributed by atoms with E-state index >= 15 is 0 Å². The first-order valence-electron chi connectivity index (χ1n) is 5.92. The molecule has 0 bridgehead atoms. The van der Waals surface area contributed by atoms with Crippen molar-refractivity contribution >= 4 is 41.7 Å². The molecule has 0 amide bonds. The predicted molar refractivity (Wildman–Crippen MR) is 89.6 cm³/mol. The summed E-state index contributed by atoms with van der Waals surface area (Å²) in [5.41, 5.74) is 9.60. The summed E-state index contributed by atoms with van der Waals surface area (Å²) in [6.07, 6.45) is 0. The number of benzene rings is 1. The molecular weight excluding hydrogens is 309 g/mol. The standard InChI is InChI=1S/C14H13N5.2ClH/c1-8-3-2-4-11(17-8)14-18-10-6-5-9(13(15)16)7-12(10)19-14;;/h2-7H,1H3,(H3,15,16)(H,18,19);2*1H. The second-order valence-corrected chi connectivity index (χ2v) is 4.40. The Morgan fingerprint density at radius 2 is 1.90 bits per heavy atom. The lowest BCUT2D eigenvalue weighted by molar-refractivity contribution is 1.17. The average molecular weight is 324 g/mol. The SMILES string of the molecule is Cc1cccc(-c2nc3ccc(C(=N)N)cc3[nH]2)n1.Cl.Cl. The molecule has 0 aliphatic heterocycles. The van der Waals surface area contributed by atoms with E-state index in [1.54, 1.807) is 6.07 Å². The number of H-pyrrole nitrogens is 1. The number of imidazole rings is 1. The molecule has 0 spiro atoms. The highest BCUT2D eigenvalue weighted by Crippen LogP contribution is 2.20. The van der Waals surface area contributed by atoms with Crippen LogP contribution in [0.5, 0.6) is 0 Å². The monoisotopic (exact) mass is 323 g/mol. The highest BCUT2D eigenvalue weighted by atomic mass is 35.5. The van der Waals surface area contributed by atoms with Crippen molar-refractivity contribution in [2.24, 2.45) is 5.73 Å². The van der Waals surface area contributed by atoms with Gasteiger partial charge in [-0.3, -0.25) is 5.41 Å². The molecule has 2 aromatic heterocycles. The van der Waals surface area contributed by atoms with Crippen LogP contribution in [0.1, 0.15) is 11.3 Å². The molecule has 21 heavy (non-hydrogen) atoms. The summed E-state index contributed by atoms with van der Waals surface area (Å²) in [7, 11) is 0. The van der Waals surface area contributed by atoms with Gasteiger partial charge in [-0.05, 0) is 37.3 Å². The zero-order valence-electron chi connectivity index (χ0n) is 11.3. The van der Waals surface area contributed by atoms with Gasteiger partial charge in [-0.25, -0.2) is 9.97 Å². The molecule has 110 valence electrons. The Kier molecular flexibility index (Phi) is 5.29. The van der Waals surface area contributed by atoms with E-state index in [0.29, 0.717) is 5.56 Å². The maximum absolute atomic E-state index is 7.44. The first-order valence-corrected chi connectivity index (χ1v) is 5.92. The van der Waals surface area contributed by atoms with Gasteiger partial charge in [-0.15, -0.1) is 24.8 Å². The number of hydrogen-bond acceptors (Lipinski definition) is 3. The second-order valence-electron chi connectivity index (χ2n) is 4.40. The fourth-order valence-electron chi connectivity index (χ4n) is 1.97. The Morgan fingerprint density at radius 3 is 2.57 bits per heavy atom. The Morgan fingerprint density at radius 1 is 1.14 bits per heavy atom. The number of aromatic nitrogens is 3. The van der Waals surface area contributed by atoms with Gasteiger partial charge < -0.3 is 10.7 Å². The maximum Gasteiger partial charge on any atom is 0.157 e. The number of aromatic amines is 1. The minimum atomic E-state index is 0. The lowest BCUT2D eigenvalue weighted by Crippen LogP contribution is -2.10. The van der Waals surface area contributed by atoms with Crippen LogP contribution in [0.3, 0.4) is 0 Å². The molecule has 0 aliphatic rings. The van der Waals surface area contributed by atoms with Crippen molar-refractivity contribution in [3.63, 3.8) is 0 Å². The molecule has 0 radical (unpaired) electrons. The summed E-state index contributed by atoms with van der Waals surface area (Å²) in [5, 5.41) is 7.44. The van der Waals surface area contributed by atoms with E-state index in [-0.39, 0.29) is 30.6 Å². The zero-order chi connectivity index (χ0) is 13.4. The zero-order valence-corrected chi connectivity index (χ0v) is 12.9. The topological polar surface area (TPSA) is 91.4 Å². The van der Waals surface area contributed by atoms with Crippen molar-refractivity contribution in [3.8, 4) is 11.5 Å². The number of amidine groups is 1. The van der Waals surface area contributed by atoms with E-state index in [1.165, 1.54) is 0 Å². The molecule has 4 N–H and O–H groups in total. The Labute approximate surface area is 134 Å². The number of nitrogen functional groups attached to an aromatic ring is 1. The summed E-state index contributed by atoms with van der Waals surface area (Å²) in [5.74, 6) is 0.770. The molecule has 0 saturated carbocycles. The molecule has 1 aromatic carbocycles. The van der Waals surface area contributed by atoms with Crippen LogP contribution in [-0.2, 0) is 0 Å². The van der Waals surface area contributed by atoms with E-state index in [2.05, 4.69) is 15.0 Å². The number of fused-ring (bicyclic) bond motifs is 1. The van der Waals surface area contributed by atoms with Crippen molar-refractivity contribution in [2.75, 3.05) is 0 Å². The van der Waals surface area contributed by atoms with Gasteiger partial charge in [0.15, 0.2) is 5.82 Å². The Bertz CT molecular complexity index is 782. The quantitative estimate of drug-likeness (QED) is 0.500. The fourth-order valence-corrected chi connectivity index (χ4v) is 1.97. The number of aryl methyl sites for hydroxylation is 1. The first-order chi connectivity index (χ1) is 9.13. The number of halogens is 2. The van der Waals surface area contributed by atoms with E-state index < -0.39 is 0 Å². The van der Waals surface area contributed by atoms with Crippen molar-refractivity contribution < 1.29 is 0 Å². The van der Waals surface area contributed by atoms with Crippen LogP contribution < -0.4 is 5.73 Å². The minimum absolute atomic E-state index is 0. The summed E-state index contributed by atoms with van der Waals surface area (Å²) < 4.78 is 0. The van der Waals surface area contributed by atoms with E-state index in [1.807, 2.05) is 37.3 Å². The Balaban J connectivity index is 0.00000110. The smallest absolute Gasteiger partial charge is 0.157 e. The Hall–Kier alpha value is -2.11. The third-order valence-electron chi connectivity index (χ3n) is 2.92. The molecule has 3 aromatic rings. The van der Waals surface area contributed by atoms with Gasteiger partial charge in [0.05, 0.1) is 11.0 Å². The van der Waals surface area contributed by atoms with E-state index in [4.69, 9.17) is 11.1 Å². The number of nitrogens with zero attached hydrogens (tertiary/aromatic N) is 2. The van der Waals surface area contributed by atoms with E-state index in [0.717, 1.165) is 28.2 Å². The molecular formula is C14H15Cl2N5. The molecule has 0 fully saturated rings. The highest BCUT2D eigenvalue weighted by Gasteiger charge is 2.07. The molecule has 2 heterocycles. The normalized spacial score (nSPS) is 9.76. The molecule has 0 aliphatic carbocycles. The summed E-state index contributed by atoms with van der Waals surface area (Å²) in [6.45, 7) is 1.94. The van der Waals surface area contributed by atoms with E-state index in [9.17, 15) is 0 Å². The van der Waals surface area contributed by atoms with Gasteiger partial charge >= 0.3 is 0 Å². The number of rotatable bonds is 2. The summed E-state index contributed by atoms with van der Waals surface area (Å²) in [4.78, 5) is 12.1. The van der Waals surface area contributed by atoms with Crippen molar-refractivity contribution in [3.05, 3.63) is 47.7 Å². The van der Waals surface area contributed by atoms with Crippen LogP contribution in [0.25, 0.3) is 22.6 Å². The number of hydrogen-bond donors (Lipinski definition) is 3. The average Bonchev–Trinajstić information content (AvgIpc) is 2.81. The van der Waals surface area contributed by atoms with Crippen molar-refractivity contribution in [1.29, 1.82) is 5.41 Å². The molecule has 3 rings (SSSR count). The number of nitrogens with two attached hydrogens (primary N) is 1. The second kappa shape index (κ2) is 6.56. The summed E-state index contributed by atoms with van der Waals surface area (Å²) >= 11 is 0. The van der Waals surface area contributed by atoms with Gasteiger partial charge in [-0.2, -0.15) is 0 Å². The van der Waals surface area contributed by atoms with Crippen molar-refractivity contribution in [2.45, 2.75) is 6.92 Å². The van der Waals surface area contributed by atoms with Crippen LogP contribution in [0.15, 0.2) is 36.4 Å². The number of nitrogens with one attached hydrogen (secondary N) is 2. The van der Waals surface area contributed by atoms with Gasteiger partial charge in [0, 0.05) is 11.3 Å². The number of pyridine rings is 1. The molecule has 0 unspecified atom stereocenters. The van der Waals surface area contributed by atoms with Crippen molar-refractivity contribution in [1.82, 2.24) is 15.0 Å². The molecule has 0 atom stereocenters. The maximum atomic E-state index is 7.44. The van der Waals surface area contributed by atoms with Crippen LogP contribution >= 0.6 is 24.8 Å². The van der Waals surface area contributed by atoms with Crippen LogP contribution in [0, 0.1) is 12.3 Å². The third-order valence-corrected chi connectivity index (χ3v) is 2.92.